The predicted octanol–water partition coefficient (Wildman–Crippen LogP) is 2.13. The molecule has 11 nitrogen and oxygen atoms in total. The largest absolute Gasteiger partial charge is 0.481 e. The van der Waals surface area contributed by atoms with Crippen molar-refractivity contribution in [2.75, 3.05) is 36.4 Å². The van der Waals surface area contributed by atoms with E-state index in [0.717, 1.165) is 24.3 Å². The van der Waals surface area contributed by atoms with Crippen LogP contribution in [0.5, 0.6) is 0 Å². The number of anilines is 2. The van der Waals surface area contributed by atoms with Gasteiger partial charge >= 0.3 is 12.1 Å². The van der Waals surface area contributed by atoms with Crippen molar-refractivity contribution < 1.29 is 32.7 Å². The summed E-state index contributed by atoms with van der Waals surface area (Å²) in [5, 5.41) is 11.7. The number of carbonyl (C=O) groups excluding carboxylic acids is 2. The summed E-state index contributed by atoms with van der Waals surface area (Å²) in [5.74, 6) is -2.11. The van der Waals surface area contributed by atoms with Gasteiger partial charge in [0.25, 0.3) is 11.8 Å². The molecule has 0 saturated carbocycles. The average Bonchev–Trinajstić information content (AvgIpc) is 2.88. The van der Waals surface area contributed by atoms with Crippen molar-refractivity contribution in [3.63, 3.8) is 0 Å². The van der Waals surface area contributed by atoms with Crippen molar-refractivity contribution in [3.8, 4) is 0 Å². The molecule has 1 aliphatic rings. The van der Waals surface area contributed by atoms with Gasteiger partial charge in [-0.25, -0.2) is 19.9 Å². The molecule has 1 aliphatic heterocycles. The SMILES string of the molecule is O=C(O)Cc1cnc(N2CCN(C(=O)c3ccncn3)CC2)nc1C(=O)Nc1ccc(C(F)(F)F)cc1. The highest BCUT2D eigenvalue weighted by molar-refractivity contribution is 6.04. The van der Waals surface area contributed by atoms with Gasteiger partial charge in [-0.2, -0.15) is 13.2 Å². The summed E-state index contributed by atoms with van der Waals surface area (Å²) in [4.78, 5) is 56.4. The van der Waals surface area contributed by atoms with Crippen molar-refractivity contribution in [3.05, 3.63) is 71.6 Å². The third-order valence-electron chi connectivity index (χ3n) is 5.53. The Balaban J connectivity index is 1.50. The molecule has 1 saturated heterocycles. The molecule has 0 unspecified atom stereocenters. The second-order valence-electron chi connectivity index (χ2n) is 8.02. The van der Waals surface area contributed by atoms with Gasteiger partial charge < -0.3 is 20.2 Å². The number of carbonyl (C=O) groups is 3. The van der Waals surface area contributed by atoms with Crippen molar-refractivity contribution in [2.45, 2.75) is 12.6 Å². The lowest BCUT2D eigenvalue weighted by Gasteiger charge is -2.34. The summed E-state index contributed by atoms with van der Waals surface area (Å²) < 4.78 is 38.4. The number of halogens is 3. The van der Waals surface area contributed by atoms with Gasteiger partial charge in [0.15, 0.2) is 0 Å². The molecule has 0 bridgehead atoms. The van der Waals surface area contributed by atoms with Crippen LogP contribution in [0.4, 0.5) is 24.8 Å². The van der Waals surface area contributed by atoms with E-state index in [4.69, 9.17) is 0 Å². The highest BCUT2D eigenvalue weighted by atomic mass is 19.4. The summed E-state index contributed by atoms with van der Waals surface area (Å²) >= 11 is 0. The minimum Gasteiger partial charge on any atom is -0.481 e. The summed E-state index contributed by atoms with van der Waals surface area (Å²) in [6, 6.07) is 5.34. The lowest BCUT2D eigenvalue weighted by molar-refractivity contribution is -0.138. The van der Waals surface area contributed by atoms with E-state index in [-0.39, 0.29) is 34.5 Å². The maximum Gasteiger partial charge on any atom is 0.416 e. The highest BCUT2D eigenvalue weighted by Crippen LogP contribution is 2.30. The molecule has 1 fully saturated rings. The number of aliphatic carboxylic acids is 1. The van der Waals surface area contributed by atoms with Crippen molar-refractivity contribution >= 4 is 29.4 Å². The van der Waals surface area contributed by atoms with Gasteiger partial charge in [-0.05, 0) is 30.3 Å². The zero-order valence-electron chi connectivity index (χ0n) is 19.1. The summed E-state index contributed by atoms with van der Waals surface area (Å²) in [6.45, 7) is 1.34. The summed E-state index contributed by atoms with van der Waals surface area (Å²) in [5.41, 5.74) is -0.708. The molecule has 0 atom stereocenters. The molecule has 3 aromatic rings. The Morgan fingerprint density at radius 2 is 1.70 bits per heavy atom. The topological polar surface area (TPSA) is 142 Å². The molecule has 3 heterocycles. The normalized spacial score (nSPS) is 13.8. The van der Waals surface area contributed by atoms with Gasteiger partial charge in [0.1, 0.15) is 17.7 Å². The molecular weight excluding hydrogens is 495 g/mol. The number of carboxylic acid groups (broad SMARTS) is 1. The molecule has 14 heteroatoms. The lowest BCUT2D eigenvalue weighted by atomic mass is 10.1. The Morgan fingerprint density at radius 1 is 1.00 bits per heavy atom. The first-order chi connectivity index (χ1) is 17.6. The number of nitrogens with one attached hydrogen (secondary N) is 1. The first-order valence-electron chi connectivity index (χ1n) is 11.0. The number of amides is 2. The Labute approximate surface area is 208 Å². The smallest absolute Gasteiger partial charge is 0.416 e. The number of nitrogens with zero attached hydrogens (tertiary/aromatic N) is 6. The van der Waals surface area contributed by atoms with E-state index in [1.165, 1.54) is 24.8 Å². The highest BCUT2D eigenvalue weighted by Gasteiger charge is 2.30. The number of alkyl halides is 3. The molecule has 2 amide bonds. The monoisotopic (exact) mass is 515 g/mol. The lowest BCUT2D eigenvalue weighted by Crippen LogP contribution is -2.49. The third-order valence-corrected chi connectivity index (χ3v) is 5.53. The molecule has 0 aliphatic carbocycles. The molecule has 192 valence electrons. The number of piperazine rings is 1. The minimum atomic E-state index is -4.53. The third kappa shape index (κ3) is 6.15. The second-order valence-corrected chi connectivity index (χ2v) is 8.02. The fourth-order valence-electron chi connectivity index (χ4n) is 3.66. The van der Waals surface area contributed by atoms with Gasteiger partial charge in [0, 0.05) is 49.8 Å². The second kappa shape index (κ2) is 10.6. The van der Waals surface area contributed by atoms with Crippen LogP contribution < -0.4 is 10.2 Å². The molecule has 4 rings (SSSR count). The first kappa shape index (κ1) is 25.5. The van der Waals surface area contributed by atoms with Crippen LogP contribution in [0.25, 0.3) is 0 Å². The van der Waals surface area contributed by atoms with E-state index in [1.807, 2.05) is 0 Å². The Morgan fingerprint density at radius 3 is 2.30 bits per heavy atom. The van der Waals surface area contributed by atoms with E-state index in [2.05, 4.69) is 25.3 Å². The number of carboxylic acids is 1. The minimum absolute atomic E-state index is 0.0400. The van der Waals surface area contributed by atoms with E-state index in [1.54, 1.807) is 9.80 Å². The molecule has 37 heavy (non-hydrogen) atoms. The van der Waals surface area contributed by atoms with Crippen LogP contribution in [0.1, 0.15) is 32.1 Å². The van der Waals surface area contributed by atoms with E-state index < -0.39 is 30.0 Å². The van der Waals surface area contributed by atoms with Gasteiger partial charge in [-0.15, -0.1) is 0 Å². The first-order valence-corrected chi connectivity index (χ1v) is 11.0. The molecular formula is C23H20F3N7O4. The quantitative estimate of drug-likeness (QED) is 0.505. The zero-order chi connectivity index (χ0) is 26.6. The standard InChI is InChI=1S/C23H20F3N7O4/c24-23(25,26)15-1-3-16(4-2-15)30-20(36)19-14(11-18(34)35)12-28-22(31-19)33-9-7-32(8-10-33)21(37)17-5-6-27-13-29-17/h1-6,12-13H,7-11H2,(H,30,36)(H,34,35). The molecule has 0 radical (unpaired) electrons. The molecule has 1 aromatic carbocycles. The predicted molar refractivity (Wildman–Crippen MR) is 123 cm³/mol. The van der Waals surface area contributed by atoms with Crippen LogP contribution in [0.3, 0.4) is 0 Å². The Kier molecular flexibility index (Phi) is 7.27. The van der Waals surface area contributed by atoms with Crippen molar-refractivity contribution in [1.82, 2.24) is 24.8 Å². The number of benzene rings is 1. The Bertz CT molecular complexity index is 1300. The fourth-order valence-corrected chi connectivity index (χ4v) is 3.66. The maximum atomic E-state index is 12.9. The van der Waals surface area contributed by atoms with Crippen LogP contribution in [0.15, 0.2) is 49.1 Å². The van der Waals surface area contributed by atoms with Crippen LogP contribution in [-0.4, -0.2) is 73.9 Å². The van der Waals surface area contributed by atoms with Gasteiger partial charge in [0.05, 0.1) is 12.0 Å². The molecule has 2 N–H and O–H groups in total. The van der Waals surface area contributed by atoms with E-state index in [9.17, 15) is 32.7 Å². The van der Waals surface area contributed by atoms with Gasteiger partial charge in [-0.1, -0.05) is 0 Å². The van der Waals surface area contributed by atoms with E-state index in [0.29, 0.717) is 26.2 Å². The van der Waals surface area contributed by atoms with Gasteiger partial charge in [-0.3, -0.25) is 14.4 Å². The zero-order valence-corrected chi connectivity index (χ0v) is 19.1. The Hall–Kier alpha value is -4.62. The van der Waals surface area contributed by atoms with Crippen LogP contribution >= 0.6 is 0 Å². The molecule has 2 aromatic heterocycles. The maximum absolute atomic E-state index is 12.9. The van der Waals surface area contributed by atoms with Crippen LogP contribution in [-0.2, 0) is 17.4 Å². The van der Waals surface area contributed by atoms with E-state index >= 15 is 0 Å². The fraction of sp³-hybridized carbons (Fsp3) is 0.261. The number of hydrogen-bond donors (Lipinski definition) is 2. The van der Waals surface area contributed by atoms with Crippen LogP contribution in [0.2, 0.25) is 0 Å². The summed E-state index contributed by atoms with van der Waals surface area (Å²) in [6.07, 6.45) is -1.07. The number of rotatable bonds is 6. The average molecular weight is 515 g/mol. The van der Waals surface area contributed by atoms with Crippen molar-refractivity contribution in [2.24, 2.45) is 0 Å². The number of aromatic nitrogens is 4. The number of hydrogen-bond acceptors (Lipinski definition) is 8. The summed E-state index contributed by atoms with van der Waals surface area (Å²) in [7, 11) is 0. The van der Waals surface area contributed by atoms with Gasteiger partial charge in [0.2, 0.25) is 5.95 Å². The van der Waals surface area contributed by atoms with Crippen molar-refractivity contribution in [1.29, 1.82) is 0 Å². The van der Waals surface area contributed by atoms with Crippen LogP contribution in [0, 0.1) is 0 Å². The molecule has 0 spiro atoms.